The van der Waals surface area contributed by atoms with Gasteiger partial charge >= 0.3 is 5.97 Å². The summed E-state index contributed by atoms with van der Waals surface area (Å²) in [5.41, 5.74) is 0. The number of nitrogens with one attached hydrogen (secondary N) is 3. The number of hydrogen-bond donors (Lipinski definition) is 3. The van der Waals surface area contributed by atoms with Crippen LogP contribution in [0.5, 0.6) is 0 Å². The molecule has 22 heteroatoms. The minimum Gasteiger partial charge on any atom is -0.382 e. The molecule has 0 saturated carbocycles. The number of nitrogens with zero attached hydrogens (tertiary/aromatic N) is 2. The van der Waals surface area contributed by atoms with E-state index in [1.165, 1.54) is 0 Å². The number of methoxy groups -OCH3 is 1. The van der Waals surface area contributed by atoms with E-state index < -0.39 is 47.5 Å². The van der Waals surface area contributed by atoms with Crippen LogP contribution in [0.1, 0.15) is 51.4 Å². The van der Waals surface area contributed by atoms with E-state index in [0.29, 0.717) is 97.6 Å². The average molecular weight is 860 g/mol. The Morgan fingerprint density at radius 1 is 0.583 bits per heavy atom. The zero-order valence-electron chi connectivity index (χ0n) is 34.5. The van der Waals surface area contributed by atoms with Crippen molar-refractivity contribution in [2.24, 2.45) is 0 Å². The van der Waals surface area contributed by atoms with Crippen molar-refractivity contribution in [2.45, 2.75) is 57.4 Å². The molecular weight excluding hydrogens is 798 g/mol. The monoisotopic (exact) mass is 859 g/mol. The van der Waals surface area contributed by atoms with Gasteiger partial charge in [-0.05, 0) is 19.3 Å². The van der Waals surface area contributed by atoms with E-state index in [1.54, 1.807) is 7.11 Å². The number of imide groups is 2. The lowest BCUT2D eigenvalue weighted by molar-refractivity contribution is -0.197. The summed E-state index contributed by atoms with van der Waals surface area (Å²) in [7, 11) is 1.62. The first-order valence-corrected chi connectivity index (χ1v) is 20.1. The normalized spacial score (nSPS) is 14.3. The Labute approximate surface area is 349 Å². The van der Waals surface area contributed by atoms with Crippen molar-refractivity contribution in [3.8, 4) is 0 Å². The lowest BCUT2D eigenvalue weighted by atomic mass is 10.1. The molecule has 1 atom stereocenters. The molecule has 0 aromatic carbocycles. The number of carbonyl (C=O) groups is 8. The maximum absolute atomic E-state index is 13.0. The molecule has 60 heavy (non-hydrogen) atoms. The first-order valence-electron chi connectivity index (χ1n) is 20.1. The number of carbonyl (C=O) groups excluding carboxylic acids is 8. The van der Waals surface area contributed by atoms with Crippen molar-refractivity contribution in [3.63, 3.8) is 0 Å². The minimum absolute atomic E-state index is 0.00794. The second kappa shape index (κ2) is 33.3. The highest BCUT2D eigenvalue weighted by molar-refractivity contribution is 6.12. The van der Waals surface area contributed by atoms with Gasteiger partial charge in [0.1, 0.15) is 6.04 Å². The highest BCUT2D eigenvalue weighted by atomic mass is 16.7. The molecule has 0 aromatic heterocycles. The van der Waals surface area contributed by atoms with Crippen LogP contribution in [0, 0.1) is 0 Å². The summed E-state index contributed by atoms with van der Waals surface area (Å²) in [6.07, 6.45) is 1.98. The van der Waals surface area contributed by atoms with Gasteiger partial charge in [-0.3, -0.25) is 38.5 Å². The first kappa shape index (κ1) is 51.7. The summed E-state index contributed by atoms with van der Waals surface area (Å²) in [6.45, 7) is 6.63. The van der Waals surface area contributed by atoms with Crippen LogP contribution in [-0.4, -0.2) is 189 Å². The van der Waals surface area contributed by atoms with Crippen LogP contribution in [0.3, 0.4) is 0 Å². The van der Waals surface area contributed by atoms with Crippen molar-refractivity contribution in [2.75, 3.05) is 126 Å². The molecule has 7 amide bonds. The molecule has 0 aliphatic carbocycles. The lowest BCUT2D eigenvalue weighted by Crippen LogP contribution is -2.47. The van der Waals surface area contributed by atoms with Crippen LogP contribution in [0.4, 0.5) is 0 Å². The zero-order valence-corrected chi connectivity index (χ0v) is 34.5. The highest BCUT2D eigenvalue weighted by Crippen LogP contribution is 2.13. The molecule has 2 aliphatic heterocycles. The SMILES string of the molecule is COCCOCCOCCOCCOCCOCCOCCOCCNC(=O)CC[C@H](NC(=O)CCCN1C(=O)C=CC1=O)C(=O)NCCCC(=O)ON1C(=O)CCC1=O. The smallest absolute Gasteiger partial charge is 0.333 e. The molecule has 0 unspecified atom stereocenters. The van der Waals surface area contributed by atoms with Gasteiger partial charge in [0.2, 0.25) is 17.7 Å². The molecule has 3 N–H and O–H groups in total. The second-order valence-electron chi connectivity index (χ2n) is 13.0. The largest absolute Gasteiger partial charge is 0.382 e. The van der Waals surface area contributed by atoms with Crippen molar-refractivity contribution in [1.82, 2.24) is 25.9 Å². The van der Waals surface area contributed by atoms with Gasteiger partial charge in [-0.25, -0.2) is 4.79 Å². The van der Waals surface area contributed by atoms with E-state index in [0.717, 1.165) is 17.1 Å². The molecule has 0 bridgehead atoms. The summed E-state index contributed by atoms with van der Waals surface area (Å²) in [4.78, 5) is 103. The van der Waals surface area contributed by atoms with Crippen LogP contribution in [0.15, 0.2) is 12.2 Å². The first-order chi connectivity index (χ1) is 29.1. The summed E-state index contributed by atoms with van der Waals surface area (Å²) >= 11 is 0. The van der Waals surface area contributed by atoms with E-state index in [2.05, 4.69) is 16.0 Å². The molecule has 1 saturated heterocycles. The lowest BCUT2D eigenvalue weighted by Gasteiger charge is -2.19. The molecule has 2 rings (SSSR count). The summed E-state index contributed by atoms with van der Waals surface area (Å²) < 4.78 is 42.8. The molecule has 340 valence electrons. The molecule has 2 heterocycles. The Bertz CT molecular complexity index is 1330. The van der Waals surface area contributed by atoms with E-state index in [-0.39, 0.29) is 83.5 Å². The number of hydroxylamine groups is 2. The van der Waals surface area contributed by atoms with Gasteiger partial charge in [0.25, 0.3) is 23.6 Å². The molecule has 1 fully saturated rings. The zero-order chi connectivity index (χ0) is 43.6. The number of hydrogen-bond acceptors (Lipinski definition) is 17. The van der Waals surface area contributed by atoms with Crippen LogP contribution in [0.25, 0.3) is 0 Å². The predicted molar refractivity (Wildman–Crippen MR) is 206 cm³/mol. The minimum atomic E-state index is -1.12. The Morgan fingerprint density at radius 3 is 1.57 bits per heavy atom. The molecule has 0 radical (unpaired) electrons. The fourth-order valence-electron chi connectivity index (χ4n) is 5.15. The van der Waals surface area contributed by atoms with Crippen molar-refractivity contribution in [3.05, 3.63) is 12.2 Å². The van der Waals surface area contributed by atoms with Crippen molar-refractivity contribution in [1.29, 1.82) is 0 Å². The van der Waals surface area contributed by atoms with Gasteiger partial charge in [0, 0.05) is 71.0 Å². The Balaban J connectivity index is 1.52. The summed E-state index contributed by atoms with van der Waals surface area (Å²) in [5.74, 6) is -4.52. The third-order valence-electron chi connectivity index (χ3n) is 8.29. The van der Waals surface area contributed by atoms with Crippen molar-refractivity contribution >= 4 is 47.3 Å². The van der Waals surface area contributed by atoms with Gasteiger partial charge in [0.05, 0.1) is 99.1 Å². The van der Waals surface area contributed by atoms with Crippen LogP contribution in [-0.2, 0) is 81.1 Å². The van der Waals surface area contributed by atoms with Crippen LogP contribution < -0.4 is 16.0 Å². The van der Waals surface area contributed by atoms with Crippen molar-refractivity contribution < 1.29 is 81.1 Å². The predicted octanol–water partition coefficient (Wildman–Crippen LogP) is -1.66. The topological polar surface area (TPSA) is 262 Å². The van der Waals surface area contributed by atoms with Gasteiger partial charge < -0.3 is 58.7 Å². The van der Waals surface area contributed by atoms with Crippen LogP contribution >= 0.6 is 0 Å². The Morgan fingerprint density at radius 2 is 1.07 bits per heavy atom. The Hall–Kier alpha value is -4.42. The Kier molecular flexibility index (Phi) is 28.7. The molecular formula is C38H61N5O17. The van der Waals surface area contributed by atoms with Crippen LogP contribution in [0.2, 0.25) is 0 Å². The second-order valence-corrected chi connectivity index (χ2v) is 13.0. The van der Waals surface area contributed by atoms with E-state index in [9.17, 15) is 38.4 Å². The average Bonchev–Trinajstić information content (AvgIpc) is 3.72. The fraction of sp³-hybridized carbons (Fsp3) is 0.737. The van der Waals surface area contributed by atoms with E-state index in [4.69, 9.17) is 42.7 Å². The molecule has 22 nitrogen and oxygen atoms in total. The molecule has 0 aromatic rings. The number of ether oxygens (including phenoxy) is 8. The standard InChI is InChI=1S/C38H61N5O17/c1-52-16-17-54-20-21-56-24-25-58-28-29-59-27-26-57-23-22-55-19-18-53-15-13-39-31(44)7-6-30(41-32(45)4-3-14-42-33(46)8-9-34(42)47)38(51)40-12-2-5-37(50)60-43-35(48)10-11-36(43)49/h8-9,30H,2-7,10-29H2,1H3,(H,39,44)(H,40,51)(H,41,45)/t30-/m0/s1. The third kappa shape index (κ3) is 24.6. The molecule has 2 aliphatic rings. The van der Waals surface area contributed by atoms with Gasteiger partial charge in [0.15, 0.2) is 0 Å². The van der Waals surface area contributed by atoms with E-state index in [1.807, 2.05) is 0 Å². The van der Waals surface area contributed by atoms with E-state index >= 15 is 0 Å². The fourth-order valence-corrected chi connectivity index (χ4v) is 5.15. The summed E-state index contributed by atoms with van der Waals surface area (Å²) in [6, 6.07) is -1.12. The number of amides is 7. The maximum Gasteiger partial charge on any atom is 0.333 e. The number of rotatable bonds is 38. The highest BCUT2D eigenvalue weighted by Gasteiger charge is 2.32. The van der Waals surface area contributed by atoms with Gasteiger partial charge in [-0.1, -0.05) is 0 Å². The molecule has 0 spiro atoms. The summed E-state index contributed by atoms with van der Waals surface area (Å²) in [5, 5.41) is 8.31. The van der Waals surface area contributed by atoms with Gasteiger partial charge in [-0.15, -0.1) is 5.06 Å². The maximum atomic E-state index is 13.0. The van der Waals surface area contributed by atoms with Gasteiger partial charge in [-0.2, -0.15) is 0 Å². The quantitative estimate of drug-likeness (QED) is 0.0464. The third-order valence-corrected chi connectivity index (χ3v) is 8.29.